The van der Waals surface area contributed by atoms with E-state index < -0.39 is 10.0 Å². The van der Waals surface area contributed by atoms with E-state index in [1.165, 1.54) is 15.6 Å². The lowest BCUT2D eigenvalue weighted by Crippen LogP contribution is -2.30. The first-order valence-electron chi connectivity index (χ1n) is 10.3. The average Bonchev–Trinajstić information content (AvgIpc) is 3.22. The van der Waals surface area contributed by atoms with Crippen molar-refractivity contribution in [2.45, 2.75) is 25.3 Å². The van der Waals surface area contributed by atoms with Crippen LogP contribution in [0.4, 0.5) is 5.69 Å². The van der Waals surface area contributed by atoms with Gasteiger partial charge in [0.15, 0.2) is 0 Å². The molecule has 0 aliphatic carbocycles. The Labute approximate surface area is 192 Å². The fourth-order valence-electron chi connectivity index (χ4n) is 3.49. The van der Waals surface area contributed by atoms with Gasteiger partial charge in [0.2, 0.25) is 0 Å². The van der Waals surface area contributed by atoms with Gasteiger partial charge in [-0.3, -0.25) is 9.10 Å². The van der Waals surface area contributed by atoms with Crippen molar-refractivity contribution in [3.8, 4) is 0 Å². The highest BCUT2D eigenvalue weighted by Crippen LogP contribution is 2.32. The van der Waals surface area contributed by atoms with Crippen molar-refractivity contribution in [2.24, 2.45) is 0 Å². The zero-order chi connectivity index (χ0) is 22.7. The number of nitrogens with zero attached hydrogens (tertiary/aromatic N) is 1. The van der Waals surface area contributed by atoms with Gasteiger partial charge in [-0.15, -0.1) is 11.3 Å². The number of thiophene rings is 1. The molecule has 1 heterocycles. The number of anilines is 1. The number of carbonyl (C=O) groups excluding carboxylic acids is 1. The minimum absolute atomic E-state index is 0.142. The summed E-state index contributed by atoms with van der Waals surface area (Å²) in [7, 11) is -3.68. The third-order valence-electron chi connectivity index (χ3n) is 5.20. The van der Waals surface area contributed by atoms with Crippen LogP contribution in [0.3, 0.4) is 0 Å². The monoisotopic (exact) mass is 464 g/mol. The number of hydrogen-bond donors (Lipinski definition) is 1. The van der Waals surface area contributed by atoms with Gasteiger partial charge in [0.1, 0.15) is 0 Å². The summed E-state index contributed by atoms with van der Waals surface area (Å²) in [6, 6.07) is 23.9. The van der Waals surface area contributed by atoms with E-state index in [0.717, 1.165) is 21.2 Å². The second kappa shape index (κ2) is 9.14. The van der Waals surface area contributed by atoms with Crippen LogP contribution < -0.4 is 9.62 Å². The minimum atomic E-state index is -3.68. The number of rotatable bonds is 7. The van der Waals surface area contributed by atoms with Gasteiger partial charge in [-0.1, -0.05) is 48.0 Å². The van der Waals surface area contributed by atoms with Crippen molar-refractivity contribution in [3.63, 3.8) is 0 Å². The second-order valence-corrected chi connectivity index (χ2v) is 10.4. The number of hydrogen-bond acceptors (Lipinski definition) is 4. The average molecular weight is 465 g/mol. The van der Waals surface area contributed by atoms with Crippen LogP contribution in [-0.2, 0) is 16.6 Å². The normalized spacial score (nSPS) is 11.4. The molecule has 0 radical (unpaired) electrons. The van der Waals surface area contributed by atoms with E-state index in [-0.39, 0.29) is 10.8 Å². The van der Waals surface area contributed by atoms with Crippen molar-refractivity contribution in [1.29, 1.82) is 0 Å². The lowest BCUT2D eigenvalue weighted by atomic mass is 10.2. The van der Waals surface area contributed by atoms with Crippen LogP contribution in [0.1, 0.15) is 27.7 Å². The van der Waals surface area contributed by atoms with Crippen molar-refractivity contribution in [3.05, 3.63) is 94.9 Å². The molecule has 4 rings (SSSR count). The first kappa shape index (κ1) is 22.0. The Balaban J connectivity index is 1.58. The summed E-state index contributed by atoms with van der Waals surface area (Å²) >= 11 is 1.39. The topological polar surface area (TPSA) is 66.5 Å². The lowest BCUT2D eigenvalue weighted by Gasteiger charge is -2.23. The minimum Gasteiger partial charge on any atom is -0.347 e. The number of amides is 1. The first-order valence-corrected chi connectivity index (χ1v) is 12.6. The molecule has 0 atom stereocenters. The van der Waals surface area contributed by atoms with Crippen LogP contribution in [-0.4, -0.2) is 20.9 Å². The predicted molar refractivity (Wildman–Crippen MR) is 131 cm³/mol. The molecule has 0 aliphatic heterocycles. The number of sulfonamides is 1. The molecule has 0 aliphatic rings. The molecule has 3 aromatic carbocycles. The molecule has 1 aromatic heterocycles. The Morgan fingerprint density at radius 1 is 0.969 bits per heavy atom. The Hall–Kier alpha value is -3.16. The molecule has 32 heavy (non-hydrogen) atoms. The van der Waals surface area contributed by atoms with Gasteiger partial charge >= 0.3 is 0 Å². The molecule has 0 spiro atoms. The van der Waals surface area contributed by atoms with Crippen LogP contribution >= 0.6 is 11.3 Å². The van der Waals surface area contributed by atoms with Crippen molar-refractivity contribution >= 4 is 43.0 Å². The highest BCUT2D eigenvalue weighted by molar-refractivity contribution is 7.92. The Morgan fingerprint density at radius 3 is 2.38 bits per heavy atom. The molecule has 0 fully saturated rings. The van der Waals surface area contributed by atoms with E-state index in [0.29, 0.717) is 23.7 Å². The maximum absolute atomic E-state index is 13.2. The van der Waals surface area contributed by atoms with Gasteiger partial charge in [-0.2, -0.15) is 0 Å². The standard InChI is InChI=1S/C25H24N2O3S2/c1-3-27(32(29,30)22-12-9-18(2)10-13-22)21-11-14-23-20(15-21)16-24(31-23)25(28)26-17-19-7-5-4-6-8-19/h4-16H,3,17H2,1-2H3,(H,26,28). The summed E-state index contributed by atoms with van der Waals surface area (Å²) in [6.07, 6.45) is 0. The smallest absolute Gasteiger partial charge is 0.264 e. The second-order valence-electron chi connectivity index (χ2n) is 7.48. The predicted octanol–water partition coefficient (Wildman–Crippen LogP) is 5.35. The highest BCUT2D eigenvalue weighted by Gasteiger charge is 2.24. The largest absolute Gasteiger partial charge is 0.347 e. The lowest BCUT2D eigenvalue weighted by molar-refractivity contribution is 0.0955. The summed E-state index contributed by atoms with van der Waals surface area (Å²) in [6.45, 7) is 4.49. The summed E-state index contributed by atoms with van der Waals surface area (Å²) < 4.78 is 28.7. The van der Waals surface area contributed by atoms with E-state index in [9.17, 15) is 13.2 Å². The third kappa shape index (κ3) is 4.54. The fourth-order valence-corrected chi connectivity index (χ4v) is 5.92. The third-order valence-corrected chi connectivity index (χ3v) is 8.24. The van der Waals surface area contributed by atoms with Gasteiger partial charge in [0, 0.05) is 17.8 Å². The van der Waals surface area contributed by atoms with Crippen LogP contribution in [0.2, 0.25) is 0 Å². The molecule has 0 unspecified atom stereocenters. The molecule has 0 saturated carbocycles. The zero-order valence-corrected chi connectivity index (χ0v) is 19.5. The highest BCUT2D eigenvalue weighted by atomic mass is 32.2. The van der Waals surface area contributed by atoms with Gasteiger partial charge in [-0.25, -0.2) is 8.42 Å². The quantitative estimate of drug-likeness (QED) is 0.401. The van der Waals surface area contributed by atoms with Crippen molar-refractivity contribution < 1.29 is 13.2 Å². The number of fused-ring (bicyclic) bond motifs is 1. The molecule has 1 amide bonds. The number of benzene rings is 3. The summed E-state index contributed by atoms with van der Waals surface area (Å²) in [5, 5.41) is 3.78. The summed E-state index contributed by atoms with van der Waals surface area (Å²) in [4.78, 5) is 13.5. The Morgan fingerprint density at radius 2 is 1.69 bits per heavy atom. The number of aryl methyl sites for hydroxylation is 1. The first-order chi connectivity index (χ1) is 15.4. The van der Waals surface area contributed by atoms with E-state index in [1.54, 1.807) is 30.3 Å². The fraction of sp³-hybridized carbons (Fsp3) is 0.160. The van der Waals surface area contributed by atoms with Crippen LogP contribution in [0.15, 0.2) is 83.8 Å². The molecule has 4 aromatic rings. The van der Waals surface area contributed by atoms with Crippen LogP contribution in [0.25, 0.3) is 10.1 Å². The SMILES string of the molecule is CCN(c1ccc2sc(C(=O)NCc3ccccc3)cc2c1)S(=O)(=O)c1ccc(C)cc1. The van der Waals surface area contributed by atoms with E-state index in [4.69, 9.17) is 0 Å². The van der Waals surface area contributed by atoms with Crippen LogP contribution in [0, 0.1) is 6.92 Å². The summed E-state index contributed by atoms with van der Waals surface area (Å²) in [5.74, 6) is -0.142. The Bertz CT molecular complexity index is 1350. The van der Waals surface area contributed by atoms with Gasteiger partial charge in [-0.05, 0) is 61.2 Å². The number of nitrogens with one attached hydrogen (secondary N) is 1. The molecule has 7 heteroatoms. The van der Waals surface area contributed by atoms with Gasteiger partial charge in [0.05, 0.1) is 15.5 Å². The van der Waals surface area contributed by atoms with Gasteiger partial charge in [0.25, 0.3) is 15.9 Å². The molecular weight excluding hydrogens is 440 g/mol. The molecule has 1 N–H and O–H groups in total. The molecule has 0 bridgehead atoms. The molecule has 5 nitrogen and oxygen atoms in total. The van der Waals surface area contributed by atoms with Gasteiger partial charge < -0.3 is 5.32 Å². The summed E-state index contributed by atoms with van der Waals surface area (Å²) in [5.41, 5.74) is 2.61. The van der Waals surface area contributed by atoms with E-state index >= 15 is 0 Å². The van der Waals surface area contributed by atoms with E-state index in [2.05, 4.69) is 5.32 Å². The Kier molecular flexibility index (Phi) is 6.30. The molecule has 0 saturated heterocycles. The maximum atomic E-state index is 13.2. The van der Waals surface area contributed by atoms with Crippen molar-refractivity contribution in [1.82, 2.24) is 5.32 Å². The van der Waals surface area contributed by atoms with Crippen molar-refractivity contribution in [2.75, 3.05) is 10.8 Å². The number of carbonyl (C=O) groups is 1. The van der Waals surface area contributed by atoms with E-state index in [1.807, 2.05) is 62.4 Å². The molecule has 164 valence electrons. The van der Waals surface area contributed by atoms with Crippen LogP contribution in [0.5, 0.6) is 0 Å². The zero-order valence-electron chi connectivity index (χ0n) is 17.9. The molecular formula is C25H24N2O3S2. The maximum Gasteiger partial charge on any atom is 0.264 e.